The fourth-order valence-corrected chi connectivity index (χ4v) is 4.23. The molecule has 1 aromatic heterocycles. The lowest BCUT2D eigenvalue weighted by molar-refractivity contribution is -0.122. The summed E-state index contributed by atoms with van der Waals surface area (Å²) in [6, 6.07) is 12.0. The van der Waals surface area contributed by atoms with Crippen molar-refractivity contribution in [2.24, 2.45) is 11.8 Å². The van der Waals surface area contributed by atoms with Crippen molar-refractivity contribution < 1.29 is 14.0 Å². The van der Waals surface area contributed by atoms with E-state index in [0.29, 0.717) is 37.4 Å². The zero-order valence-corrected chi connectivity index (χ0v) is 15.9. The van der Waals surface area contributed by atoms with Gasteiger partial charge >= 0.3 is 5.63 Å². The number of carbonyl (C=O) groups excluding carboxylic acids is 2. The number of hydrogen-bond acceptors (Lipinski definition) is 4. The van der Waals surface area contributed by atoms with Gasteiger partial charge in [0.1, 0.15) is 11.3 Å². The lowest BCUT2D eigenvalue weighted by Crippen LogP contribution is -2.36. The van der Waals surface area contributed by atoms with Crippen LogP contribution in [0.4, 0.5) is 0 Å². The molecule has 2 aliphatic heterocycles. The maximum atomic E-state index is 12.9. The van der Waals surface area contributed by atoms with Crippen LogP contribution in [0.5, 0.6) is 0 Å². The quantitative estimate of drug-likeness (QED) is 0.860. The Morgan fingerprint density at radius 3 is 2.68 bits per heavy atom. The van der Waals surface area contributed by atoms with E-state index in [1.54, 1.807) is 17.9 Å². The molecule has 6 heteroatoms. The van der Waals surface area contributed by atoms with Crippen LogP contribution in [0.25, 0.3) is 0 Å². The lowest BCUT2D eigenvalue weighted by Gasteiger charge is -2.18. The highest BCUT2D eigenvalue weighted by Gasteiger charge is 2.44. The van der Waals surface area contributed by atoms with Crippen LogP contribution in [0, 0.1) is 18.8 Å². The molecule has 1 aromatic carbocycles. The van der Waals surface area contributed by atoms with Gasteiger partial charge in [-0.05, 0) is 37.0 Å². The summed E-state index contributed by atoms with van der Waals surface area (Å²) in [5.41, 5.74) is 1.39. The van der Waals surface area contributed by atoms with Gasteiger partial charge in [-0.2, -0.15) is 0 Å². The molecule has 28 heavy (non-hydrogen) atoms. The van der Waals surface area contributed by atoms with Crippen molar-refractivity contribution in [1.82, 2.24) is 10.2 Å². The van der Waals surface area contributed by atoms with E-state index in [-0.39, 0.29) is 29.2 Å². The molecule has 2 aliphatic rings. The van der Waals surface area contributed by atoms with E-state index in [2.05, 4.69) is 17.4 Å². The molecule has 146 valence electrons. The predicted molar refractivity (Wildman–Crippen MR) is 104 cm³/mol. The van der Waals surface area contributed by atoms with Gasteiger partial charge in [-0.25, -0.2) is 4.79 Å². The molecule has 0 aliphatic carbocycles. The van der Waals surface area contributed by atoms with Gasteiger partial charge in [0, 0.05) is 32.0 Å². The van der Waals surface area contributed by atoms with Crippen LogP contribution in [0.3, 0.4) is 0 Å². The van der Waals surface area contributed by atoms with Crippen molar-refractivity contribution in [2.45, 2.75) is 26.2 Å². The van der Waals surface area contributed by atoms with Crippen molar-refractivity contribution in [2.75, 3.05) is 19.6 Å². The molecule has 0 saturated carbocycles. The summed E-state index contributed by atoms with van der Waals surface area (Å²) in [5, 5.41) is 2.83. The monoisotopic (exact) mass is 380 g/mol. The Hall–Kier alpha value is -2.89. The molecule has 6 nitrogen and oxygen atoms in total. The summed E-state index contributed by atoms with van der Waals surface area (Å²) < 4.78 is 5.44. The van der Waals surface area contributed by atoms with Crippen molar-refractivity contribution in [3.05, 3.63) is 69.3 Å². The second kappa shape index (κ2) is 7.62. The average Bonchev–Trinajstić information content (AvgIpc) is 3.24. The first kappa shape index (κ1) is 18.5. The van der Waals surface area contributed by atoms with E-state index >= 15 is 0 Å². The van der Waals surface area contributed by atoms with Crippen LogP contribution in [-0.2, 0) is 17.6 Å². The van der Waals surface area contributed by atoms with Crippen LogP contribution in [0.2, 0.25) is 0 Å². The van der Waals surface area contributed by atoms with Gasteiger partial charge in [0.2, 0.25) is 5.91 Å². The fraction of sp³-hybridized carbons (Fsp3) is 0.409. The Labute approximate surface area is 163 Å². The van der Waals surface area contributed by atoms with E-state index in [1.807, 2.05) is 18.2 Å². The summed E-state index contributed by atoms with van der Waals surface area (Å²) in [4.78, 5) is 38.8. The Bertz CT molecular complexity index is 951. The van der Waals surface area contributed by atoms with Gasteiger partial charge in [-0.1, -0.05) is 30.3 Å². The van der Waals surface area contributed by atoms with Crippen LogP contribution >= 0.6 is 0 Å². The van der Waals surface area contributed by atoms with Crippen molar-refractivity contribution in [1.29, 1.82) is 0 Å². The molecular formula is C22H24N2O4. The first-order chi connectivity index (χ1) is 13.5. The summed E-state index contributed by atoms with van der Waals surface area (Å²) >= 11 is 0. The van der Waals surface area contributed by atoms with Crippen LogP contribution in [0.15, 0.2) is 45.6 Å². The van der Waals surface area contributed by atoms with E-state index in [1.165, 1.54) is 5.56 Å². The van der Waals surface area contributed by atoms with Gasteiger partial charge in [0.25, 0.3) is 5.91 Å². The third-order valence-electron chi connectivity index (χ3n) is 5.75. The number of benzene rings is 1. The molecule has 3 heterocycles. The van der Waals surface area contributed by atoms with Gasteiger partial charge in [0.05, 0.1) is 5.92 Å². The molecule has 0 radical (unpaired) electrons. The summed E-state index contributed by atoms with van der Waals surface area (Å²) in [6.07, 6.45) is 2.42. The average molecular weight is 380 g/mol. The molecule has 0 spiro atoms. The zero-order valence-electron chi connectivity index (χ0n) is 15.9. The first-order valence-electron chi connectivity index (χ1n) is 9.77. The van der Waals surface area contributed by atoms with Crippen LogP contribution in [0.1, 0.15) is 33.7 Å². The van der Waals surface area contributed by atoms with Gasteiger partial charge < -0.3 is 14.6 Å². The van der Waals surface area contributed by atoms with Crippen LogP contribution in [-0.4, -0.2) is 36.3 Å². The minimum absolute atomic E-state index is 0.00202. The number of amides is 2. The Morgan fingerprint density at radius 1 is 1.18 bits per heavy atom. The lowest BCUT2D eigenvalue weighted by atomic mass is 10.0. The number of nitrogens with one attached hydrogen (secondary N) is 1. The summed E-state index contributed by atoms with van der Waals surface area (Å²) in [7, 11) is 0. The number of carbonyl (C=O) groups is 2. The molecule has 2 atom stereocenters. The van der Waals surface area contributed by atoms with E-state index in [4.69, 9.17) is 4.42 Å². The van der Waals surface area contributed by atoms with Gasteiger partial charge in [0.15, 0.2) is 0 Å². The standard InChI is InChI=1S/C22H24N2O4/c1-14-10-17(9-5-8-15-6-3-2-4-7-15)28-22(27)19(14)21(26)24-12-16-11-23-20(25)18(16)13-24/h2-4,6-7,10,16,18H,5,8-9,11-13H2,1H3,(H,23,25)/t16-,18+/m0/s1. The Kier molecular flexibility index (Phi) is 5.03. The van der Waals surface area contributed by atoms with E-state index in [9.17, 15) is 14.4 Å². The topological polar surface area (TPSA) is 79.6 Å². The second-order valence-electron chi connectivity index (χ2n) is 7.72. The highest BCUT2D eigenvalue weighted by Crippen LogP contribution is 2.28. The molecular weight excluding hydrogens is 356 g/mol. The number of nitrogens with zero attached hydrogens (tertiary/aromatic N) is 1. The molecule has 0 unspecified atom stereocenters. The first-order valence-corrected chi connectivity index (χ1v) is 9.77. The number of rotatable bonds is 5. The second-order valence-corrected chi connectivity index (χ2v) is 7.72. The minimum Gasteiger partial charge on any atom is -0.427 e. The molecule has 2 saturated heterocycles. The fourth-order valence-electron chi connectivity index (χ4n) is 4.23. The molecule has 2 fully saturated rings. The number of fused-ring (bicyclic) bond motifs is 1. The van der Waals surface area contributed by atoms with Crippen molar-refractivity contribution in [3.63, 3.8) is 0 Å². The minimum atomic E-state index is -0.582. The summed E-state index contributed by atoms with van der Waals surface area (Å²) in [6.45, 7) is 3.24. The normalized spacial score (nSPS) is 20.9. The maximum Gasteiger partial charge on any atom is 0.349 e. The van der Waals surface area contributed by atoms with Crippen molar-refractivity contribution in [3.8, 4) is 0 Å². The predicted octanol–water partition coefficient (Wildman–Crippen LogP) is 1.94. The number of hydrogen-bond donors (Lipinski definition) is 1. The number of aryl methyl sites for hydroxylation is 3. The molecule has 2 aromatic rings. The smallest absolute Gasteiger partial charge is 0.349 e. The summed E-state index contributed by atoms with van der Waals surface area (Å²) in [5.74, 6) is 0.254. The molecule has 4 rings (SSSR count). The largest absolute Gasteiger partial charge is 0.427 e. The number of likely N-dealkylation sites (tertiary alicyclic amines) is 1. The highest BCUT2D eigenvalue weighted by atomic mass is 16.4. The van der Waals surface area contributed by atoms with Gasteiger partial charge in [-0.3, -0.25) is 9.59 Å². The van der Waals surface area contributed by atoms with E-state index < -0.39 is 5.63 Å². The van der Waals surface area contributed by atoms with Gasteiger partial charge in [-0.15, -0.1) is 0 Å². The van der Waals surface area contributed by atoms with Crippen LogP contribution < -0.4 is 10.9 Å². The molecule has 1 N–H and O–H groups in total. The van der Waals surface area contributed by atoms with Crippen molar-refractivity contribution >= 4 is 11.8 Å². The third kappa shape index (κ3) is 3.59. The third-order valence-corrected chi connectivity index (χ3v) is 5.75. The zero-order chi connectivity index (χ0) is 19.7. The Balaban J connectivity index is 1.43. The highest BCUT2D eigenvalue weighted by molar-refractivity contribution is 5.96. The maximum absolute atomic E-state index is 12.9. The molecule has 2 amide bonds. The Morgan fingerprint density at radius 2 is 1.96 bits per heavy atom. The SMILES string of the molecule is Cc1cc(CCCc2ccccc2)oc(=O)c1C(=O)N1C[C@@H]2CNC(=O)[C@@H]2C1. The van der Waals surface area contributed by atoms with E-state index in [0.717, 1.165) is 12.8 Å². The molecule has 0 bridgehead atoms.